The fourth-order valence-electron chi connectivity index (χ4n) is 9.59. The lowest BCUT2D eigenvalue weighted by Crippen LogP contribution is -2.61. The first-order valence-electron chi connectivity index (χ1n) is 24.1. The smallest absolute Gasteiger partial charge is 0.258 e. The van der Waals surface area contributed by atoms with Gasteiger partial charge in [0, 0.05) is 69.6 Å². The maximum atomic E-state index is 15.2. The van der Waals surface area contributed by atoms with Crippen molar-refractivity contribution in [3.63, 3.8) is 0 Å². The molecular weight excluding hydrogens is 955 g/mol. The average molecular weight is 1020 g/mol. The van der Waals surface area contributed by atoms with Crippen LogP contribution in [-0.4, -0.2) is 146 Å². The van der Waals surface area contributed by atoms with Gasteiger partial charge in [0.2, 0.25) is 17.8 Å². The molecule has 3 atom stereocenters. The lowest BCUT2D eigenvalue weighted by molar-refractivity contribution is -0.143. The van der Waals surface area contributed by atoms with Crippen LogP contribution in [0.25, 0.3) is 10.4 Å². The molecule has 4 aliphatic rings. The number of nitrogens with zero attached hydrogens (tertiary/aromatic N) is 6. The maximum Gasteiger partial charge on any atom is 0.258 e. The number of aryl methyl sites for hydroxylation is 1. The Morgan fingerprint density at radius 2 is 1.74 bits per heavy atom. The van der Waals surface area contributed by atoms with Crippen molar-refractivity contribution in [3.8, 4) is 16.2 Å². The van der Waals surface area contributed by atoms with E-state index < -0.39 is 46.3 Å². The summed E-state index contributed by atoms with van der Waals surface area (Å²) in [5.41, 5.74) is 3.84. The van der Waals surface area contributed by atoms with Gasteiger partial charge in [0.1, 0.15) is 28.7 Å². The number of halogens is 2. The lowest BCUT2D eigenvalue weighted by Gasteiger charge is -2.40. The number of aliphatic hydroxyl groups is 1. The van der Waals surface area contributed by atoms with Gasteiger partial charge in [0.15, 0.2) is 5.67 Å². The quantitative estimate of drug-likeness (QED) is 0.0708. The Morgan fingerprint density at radius 1 is 1.03 bits per heavy atom. The number of carbonyl (C=O) groups is 4. The number of ether oxygens (including phenoxy) is 1. The first-order chi connectivity index (χ1) is 33.5. The summed E-state index contributed by atoms with van der Waals surface area (Å²) in [7, 11) is 3.28. The fourth-order valence-corrected chi connectivity index (χ4v) is 11.9. The second-order valence-corrected chi connectivity index (χ2v) is 22.5. The number of rotatable bonds is 18. The summed E-state index contributed by atoms with van der Waals surface area (Å²) >= 11 is 9.30. The average Bonchev–Trinajstić information content (AvgIpc) is 3.77. The number of piperazine rings is 1. The van der Waals surface area contributed by atoms with E-state index in [2.05, 4.69) is 41.1 Å². The van der Waals surface area contributed by atoms with Crippen LogP contribution in [-0.2, 0) is 20.9 Å². The zero-order valence-electron chi connectivity index (χ0n) is 40.4. The molecule has 0 bridgehead atoms. The molecule has 0 spiro atoms. The highest BCUT2D eigenvalue weighted by molar-refractivity contribution is 8.00. The highest BCUT2D eigenvalue weighted by Gasteiger charge is 2.54. The monoisotopic (exact) mass is 1020 g/mol. The fraction of sp³-hybridized carbons (Fsp3) is 0.540. The van der Waals surface area contributed by atoms with Gasteiger partial charge in [0.05, 0.1) is 41.2 Å². The molecule has 2 aliphatic heterocycles. The number of likely N-dealkylation sites (tertiary alicyclic amines) is 1. The summed E-state index contributed by atoms with van der Waals surface area (Å²) in [6.45, 7) is 9.71. The number of benzene rings is 2. The van der Waals surface area contributed by atoms with E-state index in [0.29, 0.717) is 58.7 Å². The van der Waals surface area contributed by atoms with Crippen LogP contribution < -0.4 is 26.0 Å². The molecule has 0 radical (unpaired) electrons. The topological polar surface area (TPSA) is 194 Å². The molecule has 4 fully saturated rings. The molecule has 16 nitrogen and oxygen atoms in total. The number of hydrogen-bond donors (Lipinski definition) is 5. The number of aromatic nitrogens is 3. The first kappa shape index (κ1) is 51.3. The minimum Gasteiger partial charge on any atom is -0.495 e. The molecule has 4 aromatic rings. The van der Waals surface area contributed by atoms with Crippen LogP contribution in [0.4, 0.5) is 21.8 Å². The summed E-state index contributed by atoms with van der Waals surface area (Å²) in [6, 6.07) is 11.1. The summed E-state index contributed by atoms with van der Waals surface area (Å²) < 4.78 is 19.9. The number of thioether (sulfide) groups is 1. The predicted octanol–water partition coefficient (Wildman–Crippen LogP) is 6.70. The number of hydrogen-bond acceptors (Lipinski definition) is 14. The van der Waals surface area contributed by atoms with Gasteiger partial charge in [-0.15, -0.1) is 11.3 Å². The first-order valence-corrected chi connectivity index (χ1v) is 26.3. The molecule has 2 aromatic heterocycles. The van der Waals surface area contributed by atoms with Crippen LogP contribution in [0, 0.1) is 18.8 Å². The van der Waals surface area contributed by atoms with Crippen molar-refractivity contribution in [1.82, 2.24) is 40.3 Å². The molecule has 2 aromatic carbocycles. The van der Waals surface area contributed by atoms with Crippen LogP contribution in [0.5, 0.6) is 5.75 Å². The Balaban J connectivity index is 0.808. The number of aliphatic hydroxyl groups excluding tert-OH is 1. The van der Waals surface area contributed by atoms with Crippen LogP contribution in [0.3, 0.4) is 0 Å². The molecular formula is C50H64ClFN10O6S2. The van der Waals surface area contributed by atoms with Gasteiger partial charge in [-0.3, -0.25) is 24.1 Å². The van der Waals surface area contributed by atoms with E-state index in [9.17, 15) is 24.3 Å². The molecule has 70 heavy (non-hydrogen) atoms. The van der Waals surface area contributed by atoms with Crippen LogP contribution in [0.15, 0.2) is 54.2 Å². The Kier molecular flexibility index (Phi) is 16.2. The van der Waals surface area contributed by atoms with Gasteiger partial charge in [-0.2, -0.15) is 16.7 Å². The second kappa shape index (κ2) is 22.1. The van der Waals surface area contributed by atoms with E-state index in [1.807, 2.05) is 55.4 Å². The number of β-amino-alcohol motifs (C(OH)–C–C–N with tert-alkyl or cyclic N) is 1. The highest BCUT2D eigenvalue weighted by atomic mass is 35.5. The standard InChI is InChI=1S/C50H64ClFN10O6S2/c1-30-41(69-29-56-30)34-12-10-31(11-13-34)24-54-44(64)39-23-36(63)27-62(39)46(66)42(58-47(67)50(52)16-17-50)49(2,3)70-28-33-8-6-32(7-9-33)26-60-18-20-61(21-19-60)45(65)35-14-15-38(40(22-35)68-5)57-48-55-25-37(51)43(53-4)59-48/h10-15,22,25,29,32-33,36,39,42,63H,6-9,16-21,23-24,26-28H2,1-5H3,(H,54,64)(H,58,67)(H2,53,55,57,59)/t32?,33?,36-,39-,42?/m0/s1. The summed E-state index contributed by atoms with van der Waals surface area (Å²) in [5, 5.41) is 23.0. The molecule has 20 heteroatoms. The molecule has 5 N–H and O–H groups in total. The van der Waals surface area contributed by atoms with Crippen molar-refractivity contribution >= 4 is 75.8 Å². The van der Waals surface area contributed by atoms with Crippen LogP contribution >= 0.6 is 34.7 Å². The number of anilines is 3. The van der Waals surface area contributed by atoms with E-state index in [4.69, 9.17) is 16.3 Å². The van der Waals surface area contributed by atoms with Gasteiger partial charge in [-0.1, -0.05) is 35.9 Å². The Morgan fingerprint density at radius 3 is 2.40 bits per heavy atom. The Labute approximate surface area is 422 Å². The maximum absolute atomic E-state index is 15.2. The molecule has 2 saturated carbocycles. The van der Waals surface area contributed by atoms with Gasteiger partial charge in [-0.25, -0.2) is 14.4 Å². The zero-order chi connectivity index (χ0) is 49.7. The van der Waals surface area contributed by atoms with Crippen molar-refractivity contribution in [1.29, 1.82) is 0 Å². The van der Waals surface area contributed by atoms with Gasteiger partial charge >= 0.3 is 0 Å². The number of alkyl halides is 1. The third-order valence-electron chi connectivity index (χ3n) is 14.1. The largest absolute Gasteiger partial charge is 0.495 e. The second-order valence-electron chi connectivity index (χ2n) is 19.5. The number of methoxy groups -OCH3 is 1. The molecule has 376 valence electrons. The Hall–Kier alpha value is -5.08. The van der Waals surface area contributed by atoms with Crippen molar-refractivity contribution < 1.29 is 33.4 Å². The van der Waals surface area contributed by atoms with Gasteiger partial charge in [0.25, 0.3) is 11.8 Å². The molecule has 4 heterocycles. The summed E-state index contributed by atoms with van der Waals surface area (Å²) in [5.74, 6) is 1.24. The zero-order valence-corrected chi connectivity index (χ0v) is 42.8. The third kappa shape index (κ3) is 12.1. The van der Waals surface area contributed by atoms with Gasteiger partial charge < -0.3 is 40.9 Å². The van der Waals surface area contributed by atoms with Crippen molar-refractivity contribution in [2.45, 2.75) is 101 Å². The summed E-state index contributed by atoms with van der Waals surface area (Å²) in [6.07, 6.45) is 5.01. The van der Waals surface area contributed by atoms with Gasteiger partial charge in [-0.05, 0) is 106 Å². The predicted molar refractivity (Wildman–Crippen MR) is 272 cm³/mol. The molecule has 8 rings (SSSR count). The molecule has 1 unspecified atom stereocenters. The molecule has 2 aliphatic carbocycles. The van der Waals surface area contributed by atoms with Crippen LogP contribution in [0.1, 0.15) is 80.4 Å². The minimum absolute atomic E-state index is 0.0505. The van der Waals surface area contributed by atoms with E-state index in [1.54, 1.807) is 55.5 Å². The lowest BCUT2D eigenvalue weighted by atomic mass is 9.82. The van der Waals surface area contributed by atoms with E-state index in [-0.39, 0.29) is 38.3 Å². The normalized spacial score (nSPS) is 21.7. The number of thiazole rings is 1. The van der Waals surface area contributed by atoms with Crippen molar-refractivity contribution in [3.05, 3.63) is 76.0 Å². The highest BCUT2D eigenvalue weighted by Crippen LogP contribution is 2.42. The Bertz CT molecular complexity index is 2510. The number of nitrogens with one attached hydrogen (secondary N) is 4. The molecule has 4 amide bonds. The minimum atomic E-state index is -2.00. The summed E-state index contributed by atoms with van der Waals surface area (Å²) in [4.78, 5) is 74.9. The van der Waals surface area contributed by atoms with Crippen molar-refractivity contribution in [2.75, 3.05) is 69.8 Å². The third-order valence-corrected chi connectivity index (χ3v) is 17.0. The molecule has 2 saturated heterocycles. The van der Waals surface area contributed by atoms with E-state index >= 15 is 4.39 Å². The SMILES string of the molecule is CNc1nc(Nc2ccc(C(=O)N3CCN(CC4CCC(CSC(C)(C)C(NC(=O)C5(F)CC5)C(=O)N5C[C@@H](O)C[C@H]5C(=O)NCc5ccc(-c6scnc6C)cc5)CC4)CC3)cc2OC)ncc1Cl. The van der Waals surface area contributed by atoms with Crippen molar-refractivity contribution in [2.24, 2.45) is 11.8 Å². The van der Waals surface area contributed by atoms with Crippen LogP contribution in [0.2, 0.25) is 5.02 Å². The number of carbonyl (C=O) groups excluding carboxylic acids is 4. The van der Waals surface area contributed by atoms with E-state index in [1.165, 1.54) is 11.1 Å². The van der Waals surface area contributed by atoms with E-state index in [0.717, 1.165) is 72.8 Å². The number of amides is 4.